The van der Waals surface area contributed by atoms with Crippen LogP contribution in [0.3, 0.4) is 0 Å². The Hall–Kier alpha value is -4.00. The summed E-state index contributed by atoms with van der Waals surface area (Å²) in [5.41, 5.74) is 2.36. The second kappa shape index (κ2) is 12.3. The van der Waals surface area contributed by atoms with Crippen LogP contribution in [-0.4, -0.2) is 18.9 Å². The quantitative estimate of drug-likeness (QED) is 0.242. The molecule has 2 N–H and O–H groups in total. The molecule has 0 heterocycles. The molecule has 0 fully saturated rings. The van der Waals surface area contributed by atoms with Gasteiger partial charge in [-0.25, -0.2) is 0 Å². The zero-order valence-corrected chi connectivity index (χ0v) is 21.4. The molecule has 0 aromatic heterocycles. The Balaban J connectivity index is 1.62. The zero-order valence-electron chi connectivity index (χ0n) is 19.9. The highest BCUT2D eigenvalue weighted by atomic mass is 35.5. The normalized spacial score (nSPS) is 10.6. The van der Waals surface area contributed by atoms with E-state index in [0.29, 0.717) is 44.8 Å². The van der Waals surface area contributed by atoms with Gasteiger partial charge >= 0.3 is 0 Å². The smallest absolute Gasteiger partial charge is 0.253 e. The van der Waals surface area contributed by atoms with Crippen molar-refractivity contribution in [1.29, 1.82) is 0 Å². The maximum absolute atomic E-state index is 13.0. The van der Waals surface area contributed by atoms with Crippen molar-refractivity contribution in [3.8, 4) is 11.5 Å². The van der Waals surface area contributed by atoms with Crippen molar-refractivity contribution in [1.82, 2.24) is 10.6 Å². The van der Waals surface area contributed by atoms with Crippen LogP contribution in [0, 0.1) is 0 Å². The molecule has 188 valence electrons. The van der Waals surface area contributed by atoms with Crippen molar-refractivity contribution in [2.45, 2.75) is 12.8 Å². The molecule has 0 atom stereocenters. The molecule has 0 aliphatic heterocycles. The molecular weight excluding hydrogens is 511 g/mol. The monoisotopic (exact) mass is 534 g/mol. The van der Waals surface area contributed by atoms with Crippen LogP contribution in [0.5, 0.6) is 11.5 Å². The van der Waals surface area contributed by atoms with Crippen LogP contribution in [0.25, 0.3) is 0 Å². The number of amides is 2. The van der Waals surface area contributed by atoms with Crippen LogP contribution in [-0.2, 0) is 6.61 Å². The molecule has 37 heavy (non-hydrogen) atoms. The van der Waals surface area contributed by atoms with Crippen LogP contribution in [0.1, 0.15) is 38.0 Å². The summed E-state index contributed by atoms with van der Waals surface area (Å²) >= 11 is 11.9. The molecule has 0 saturated carbocycles. The first-order valence-electron chi connectivity index (χ1n) is 11.4. The van der Waals surface area contributed by atoms with Gasteiger partial charge in [0.05, 0.1) is 7.11 Å². The lowest BCUT2D eigenvalue weighted by molar-refractivity contribution is 0.0883. The number of hydrogen-bond acceptors (Lipinski definition) is 4. The third-order valence-corrected chi connectivity index (χ3v) is 6.03. The fourth-order valence-electron chi connectivity index (χ4n) is 3.56. The molecule has 6 nitrogen and oxygen atoms in total. The molecule has 0 radical (unpaired) electrons. The minimum atomic E-state index is -0.878. The highest BCUT2D eigenvalue weighted by molar-refractivity contribution is 6.31. The highest BCUT2D eigenvalue weighted by Gasteiger charge is 2.21. The van der Waals surface area contributed by atoms with Gasteiger partial charge in [-0.1, -0.05) is 59.6 Å². The average Bonchev–Trinajstić information content (AvgIpc) is 2.92. The van der Waals surface area contributed by atoms with E-state index >= 15 is 0 Å². The summed E-state index contributed by atoms with van der Waals surface area (Å²) in [5, 5.41) is 6.79. The number of halogens is 2. The standard InChI is InChI=1S/C29H24Cl2N2O4/c1-36-25-16-11-22(17-26(25)37-18-19-5-3-2-4-6-19)27(32-28(34)20-7-12-23(30)13-8-20)33-29(35)21-9-14-24(31)15-10-21/h2-17,27H,18H2,1H3,(H,32,34)(H,33,35). The van der Waals surface area contributed by atoms with Crippen molar-refractivity contribution in [3.63, 3.8) is 0 Å². The van der Waals surface area contributed by atoms with Crippen LogP contribution >= 0.6 is 23.2 Å². The Morgan fingerprint density at radius 3 is 1.78 bits per heavy atom. The van der Waals surface area contributed by atoms with Crippen molar-refractivity contribution in [2.75, 3.05) is 7.11 Å². The lowest BCUT2D eigenvalue weighted by atomic mass is 10.1. The number of carbonyl (C=O) groups is 2. The van der Waals surface area contributed by atoms with Crippen molar-refractivity contribution in [2.24, 2.45) is 0 Å². The first-order valence-corrected chi connectivity index (χ1v) is 12.2. The van der Waals surface area contributed by atoms with E-state index in [4.69, 9.17) is 32.7 Å². The molecular formula is C29H24Cl2N2O4. The van der Waals surface area contributed by atoms with E-state index in [-0.39, 0.29) is 11.8 Å². The van der Waals surface area contributed by atoms with Gasteiger partial charge in [0, 0.05) is 21.2 Å². The number of hydrogen-bond donors (Lipinski definition) is 2. The molecule has 0 aliphatic carbocycles. The van der Waals surface area contributed by atoms with E-state index < -0.39 is 6.17 Å². The summed E-state index contributed by atoms with van der Waals surface area (Å²) in [6.45, 7) is 0.319. The summed E-state index contributed by atoms with van der Waals surface area (Å²) in [6, 6.07) is 27.9. The van der Waals surface area contributed by atoms with Crippen LogP contribution in [0.15, 0.2) is 97.1 Å². The Labute approximate surface area is 225 Å². The van der Waals surface area contributed by atoms with E-state index in [9.17, 15) is 9.59 Å². The Bertz CT molecular complexity index is 1300. The van der Waals surface area contributed by atoms with Gasteiger partial charge in [0.1, 0.15) is 12.8 Å². The topological polar surface area (TPSA) is 76.7 Å². The SMILES string of the molecule is COc1ccc(C(NC(=O)c2ccc(Cl)cc2)NC(=O)c2ccc(Cl)cc2)cc1OCc1ccccc1. The van der Waals surface area contributed by atoms with Gasteiger partial charge in [-0.3, -0.25) is 9.59 Å². The summed E-state index contributed by atoms with van der Waals surface area (Å²) < 4.78 is 11.5. The predicted molar refractivity (Wildman–Crippen MR) is 144 cm³/mol. The summed E-state index contributed by atoms with van der Waals surface area (Å²) in [6.07, 6.45) is -0.878. The van der Waals surface area contributed by atoms with Crippen LogP contribution in [0.4, 0.5) is 0 Å². The lowest BCUT2D eigenvalue weighted by Crippen LogP contribution is -2.41. The van der Waals surface area contributed by atoms with E-state index in [1.807, 2.05) is 30.3 Å². The minimum absolute atomic E-state index is 0.319. The van der Waals surface area contributed by atoms with Gasteiger partial charge < -0.3 is 20.1 Å². The molecule has 0 spiro atoms. The molecule has 0 unspecified atom stereocenters. The zero-order chi connectivity index (χ0) is 26.2. The van der Waals surface area contributed by atoms with Gasteiger partial charge in [-0.05, 0) is 71.8 Å². The first kappa shape index (κ1) is 26.1. The molecule has 2 amide bonds. The van der Waals surface area contributed by atoms with Crippen molar-refractivity contribution in [3.05, 3.63) is 129 Å². The molecule has 4 rings (SSSR count). The second-order valence-electron chi connectivity index (χ2n) is 8.08. The lowest BCUT2D eigenvalue weighted by Gasteiger charge is -2.22. The number of carbonyl (C=O) groups excluding carboxylic acids is 2. The van der Waals surface area contributed by atoms with Crippen LogP contribution < -0.4 is 20.1 Å². The fourth-order valence-corrected chi connectivity index (χ4v) is 3.81. The Morgan fingerprint density at radius 2 is 1.27 bits per heavy atom. The number of methoxy groups -OCH3 is 1. The van der Waals surface area contributed by atoms with E-state index in [1.165, 1.54) is 0 Å². The molecule has 0 saturated heterocycles. The van der Waals surface area contributed by atoms with Crippen molar-refractivity contribution < 1.29 is 19.1 Å². The minimum Gasteiger partial charge on any atom is -0.493 e. The van der Waals surface area contributed by atoms with Gasteiger partial charge in [-0.2, -0.15) is 0 Å². The molecule has 8 heteroatoms. The number of ether oxygens (including phenoxy) is 2. The first-order chi connectivity index (χ1) is 17.9. The van der Waals surface area contributed by atoms with Gasteiger partial charge in [0.25, 0.3) is 11.8 Å². The average molecular weight is 535 g/mol. The predicted octanol–water partition coefficient (Wildman–Crippen LogP) is 6.44. The Kier molecular flexibility index (Phi) is 8.67. The maximum Gasteiger partial charge on any atom is 0.253 e. The van der Waals surface area contributed by atoms with Crippen molar-refractivity contribution >= 4 is 35.0 Å². The number of benzene rings is 4. The summed E-state index contributed by atoms with van der Waals surface area (Å²) in [4.78, 5) is 26.1. The van der Waals surface area contributed by atoms with Gasteiger partial charge in [-0.15, -0.1) is 0 Å². The van der Waals surface area contributed by atoms with E-state index in [1.54, 1.807) is 73.8 Å². The van der Waals surface area contributed by atoms with Gasteiger partial charge in [0.15, 0.2) is 11.5 Å². The maximum atomic E-state index is 13.0. The third-order valence-electron chi connectivity index (χ3n) is 5.52. The molecule has 0 bridgehead atoms. The second-order valence-corrected chi connectivity index (χ2v) is 8.95. The fraction of sp³-hybridized carbons (Fsp3) is 0.103. The van der Waals surface area contributed by atoms with E-state index in [0.717, 1.165) is 5.56 Å². The molecule has 4 aromatic carbocycles. The van der Waals surface area contributed by atoms with Crippen LogP contribution in [0.2, 0.25) is 10.0 Å². The molecule has 0 aliphatic rings. The van der Waals surface area contributed by atoms with E-state index in [2.05, 4.69) is 10.6 Å². The Morgan fingerprint density at radius 1 is 0.730 bits per heavy atom. The largest absolute Gasteiger partial charge is 0.493 e. The molecule has 4 aromatic rings. The number of nitrogens with one attached hydrogen (secondary N) is 2. The highest BCUT2D eigenvalue weighted by Crippen LogP contribution is 2.31. The summed E-state index contributed by atoms with van der Waals surface area (Å²) in [5.74, 6) is 0.211. The van der Waals surface area contributed by atoms with Gasteiger partial charge in [0.2, 0.25) is 0 Å². The third kappa shape index (κ3) is 7.03. The number of rotatable bonds is 9. The summed E-state index contributed by atoms with van der Waals surface area (Å²) in [7, 11) is 1.55.